The minimum atomic E-state index is -1.87. The monoisotopic (exact) mass is 461 g/mol. The Morgan fingerprint density at radius 1 is 1.36 bits per heavy atom. The fourth-order valence-electron chi connectivity index (χ4n) is 3.07. The smallest absolute Gasteiger partial charge is 0.354 e. The Hall–Kier alpha value is -0.423. The summed E-state index contributed by atoms with van der Waals surface area (Å²) < 4.78 is 6.79. The van der Waals surface area contributed by atoms with E-state index in [1.807, 2.05) is 0 Å². The van der Waals surface area contributed by atoms with Crippen LogP contribution in [0.2, 0.25) is 18.1 Å². The van der Waals surface area contributed by atoms with Gasteiger partial charge in [0.2, 0.25) is 11.0 Å². The largest absolute Gasteiger partial charge is 0.477 e. The summed E-state index contributed by atoms with van der Waals surface area (Å²) in [5, 5.41) is 9.44. The first kappa shape index (κ1) is 22.3. The van der Waals surface area contributed by atoms with Gasteiger partial charge < -0.3 is 9.53 Å². The molecule has 28 heavy (non-hydrogen) atoms. The van der Waals surface area contributed by atoms with Crippen molar-refractivity contribution < 1.29 is 23.9 Å². The summed E-state index contributed by atoms with van der Waals surface area (Å²) in [6.07, 6.45) is 1.34. The topological polar surface area (TPSA) is 83.9 Å². The molecule has 156 valence electrons. The van der Waals surface area contributed by atoms with Crippen LogP contribution in [0.4, 0.5) is 0 Å². The van der Waals surface area contributed by atoms with E-state index in [0.29, 0.717) is 17.3 Å². The Labute approximate surface area is 179 Å². The average molecular weight is 462 g/mol. The van der Waals surface area contributed by atoms with Crippen LogP contribution in [0.15, 0.2) is 9.93 Å². The van der Waals surface area contributed by atoms with Crippen LogP contribution in [-0.2, 0) is 18.8 Å². The molecule has 0 aromatic rings. The fraction of sp³-hybridized carbons (Fsp3) is 0.722. The van der Waals surface area contributed by atoms with E-state index in [0.717, 1.165) is 12.2 Å². The summed E-state index contributed by atoms with van der Waals surface area (Å²) in [5.74, 6) is -0.691. The van der Waals surface area contributed by atoms with E-state index >= 15 is 0 Å². The number of nitrogens with zero attached hydrogens (tertiary/aromatic N) is 1. The molecule has 0 aromatic carbocycles. The van der Waals surface area contributed by atoms with Crippen LogP contribution in [0.5, 0.6) is 0 Å². The first-order valence-corrected chi connectivity index (χ1v) is 15.0. The van der Waals surface area contributed by atoms with Crippen molar-refractivity contribution in [1.82, 2.24) is 4.90 Å². The predicted molar refractivity (Wildman–Crippen MR) is 118 cm³/mol. The molecule has 2 fully saturated rings. The normalized spacial score (nSPS) is 28.0. The van der Waals surface area contributed by atoms with Gasteiger partial charge in [-0.05, 0) is 31.0 Å². The Bertz CT molecular complexity index is 733. The fourth-order valence-corrected chi connectivity index (χ4v) is 8.49. The first-order chi connectivity index (χ1) is 12.9. The summed E-state index contributed by atoms with van der Waals surface area (Å²) in [6, 6.07) is 0. The molecule has 0 saturated carbocycles. The highest BCUT2D eigenvalue weighted by Crippen LogP contribution is 2.55. The molecular formula is C18H27NO5S3Si. The van der Waals surface area contributed by atoms with Crippen molar-refractivity contribution in [2.24, 2.45) is 5.92 Å². The number of carboxylic acids is 1. The molecule has 3 aliphatic rings. The molecule has 1 amide bonds. The molecule has 10 heteroatoms. The molecular weight excluding hydrogens is 434 g/mol. The van der Waals surface area contributed by atoms with Crippen LogP contribution < -0.4 is 0 Å². The highest BCUT2D eigenvalue weighted by Gasteiger charge is 2.56. The van der Waals surface area contributed by atoms with E-state index < -0.39 is 14.3 Å². The van der Waals surface area contributed by atoms with Crippen molar-refractivity contribution in [3.05, 3.63) is 9.93 Å². The molecule has 3 aliphatic heterocycles. The summed E-state index contributed by atoms with van der Waals surface area (Å²) in [6.45, 7) is 11.4. The first-order valence-electron chi connectivity index (χ1n) is 9.38. The lowest BCUT2D eigenvalue weighted by Gasteiger charge is -2.43. The van der Waals surface area contributed by atoms with Crippen LogP contribution in [0, 0.1) is 5.92 Å². The summed E-state index contributed by atoms with van der Waals surface area (Å²) in [7, 11) is -1.87. The lowest BCUT2D eigenvalue weighted by atomic mass is 9.94. The maximum Gasteiger partial charge on any atom is 0.354 e. The van der Waals surface area contributed by atoms with Gasteiger partial charge >= 0.3 is 5.97 Å². The molecule has 0 spiro atoms. The van der Waals surface area contributed by atoms with Crippen molar-refractivity contribution in [1.29, 1.82) is 0 Å². The Kier molecular flexibility index (Phi) is 6.37. The minimum absolute atomic E-state index is 0.0521. The van der Waals surface area contributed by atoms with Crippen molar-refractivity contribution >= 4 is 60.6 Å². The molecule has 0 aliphatic carbocycles. The number of carbonyl (C=O) groups is 3. The van der Waals surface area contributed by atoms with Crippen molar-refractivity contribution in [2.45, 2.75) is 62.4 Å². The summed E-state index contributed by atoms with van der Waals surface area (Å²) in [5.41, 5.74) is 0.0521. The molecule has 1 N–H and O–H groups in total. The zero-order chi connectivity index (χ0) is 20.9. The third kappa shape index (κ3) is 4.07. The van der Waals surface area contributed by atoms with Gasteiger partial charge in [0.25, 0.3) is 0 Å². The number of rotatable bonds is 7. The Balaban J connectivity index is 1.63. The van der Waals surface area contributed by atoms with Gasteiger partial charge in [-0.15, -0.1) is 11.8 Å². The third-order valence-corrected chi connectivity index (χ3v) is 14.5. The second kappa shape index (κ2) is 8.01. The number of β-lactam (4-membered cyclic amide) rings is 1. The molecule has 3 atom stereocenters. The highest BCUT2D eigenvalue weighted by atomic mass is 32.2. The van der Waals surface area contributed by atoms with Gasteiger partial charge in [-0.1, -0.05) is 44.3 Å². The number of amides is 1. The van der Waals surface area contributed by atoms with Gasteiger partial charge in [0.15, 0.2) is 14.0 Å². The second-order valence-corrected chi connectivity index (χ2v) is 17.2. The lowest BCUT2D eigenvalue weighted by molar-refractivity contribution is -0.152. The van der Waals surface area contributed by atoms with Gasteiger partial charge in [-0.2, -0.15) is 0 Å². The van der Waals surface area contributed by atoms with Crippen molar-refractivity contribution in [3.63, 3.8) is 0 Å². The number of fused-ring (bicyclic) bond motifs is 1. The summed E-state index contributed by atoms with van der Waals surface area (Å²) in [4.78, 5) is 37.8. The van der Waals surface area contributed by atoms with Crippen molar-refractivity contribution in [2.75, 3.05) is 12.4 Å². The van der Waals surface area contributed by atoms with Crippen molar-refractivity contribution in [3.8, 4) is 0 Å². The molecule has 3 heterocycles. The van der Waals surface area contributed by atoms with Crippen LogP contribution in [0.25, 0.3) is 0 Å². The number of hydrogen-bond acceptors (Lipinski definition) is 7. The minimum Gasteiger partial charge on any atom is -0.477 e. The molecule has 6 nitrogen and oxygen atoms in total. The van der Waals surface area contributed by atoms with Gasteiger partial charge in [-0.25, -0.2) is 4.79 Å². The number of carboxylic acid groups (broad SMARTS) is 1. The van der Waals surface area contributed by atoms with E-state index in [4.69, 9.17) is 4.43 Å². The van der Waals surface area contributed by atoms with E-state index in [1.54, 1.807) is 0 Å². The zero-order valence-electron chi connectivity index (χ0n) is 16.8. The van der Waals surface area contributed by atoms with Gasteiger partial charge in [0, 0.05) is 12.4 Å². The van der Waals surface area contributed by atoms with E-state index in [9.17, 15) is 19.5 Å². The molecule has 2 saturated heterocycles. The van der Waals surface area contributed by atoms with Gasteiger partial charge in [0.05, 0.1) is 20.8 Å². The highest BCUT2D eigenvalue weighted by molar-refractivity contribution is 8.25. The Morgan fingerprint density at radius 3 is 2.57 bits per heavy atom. The molecule has 0 radical (unpaired) electrons. The number of carbonyl (C=O) groups excluding carboxylic acids is 2. The number of aliphatic carboxylic acids is 1. The third-order valence-electron chi connectivity index (χ3n) is 5.85. The molecule has 0 aromatic heterocycles. The molecule has 0 unspecified atom stereocenters. The van der Waals surface area contributed by atoms with Crippen LogP contribution >= 0.6 is 35.3 Å². The van der Waals surface area contributed by atoms with Crippen LogP contribution in [-0.4, -0.2) is 58.3 Å². The predicted octanol–water partition coefficient (Wildman–Crippen LogP) is 3.95. The van der Waals surface area contributed by atoms with Crippen LogP contribution in [0.1, 0.15) is 33.6 Å². The number of thioether (sulfide) groups is 3. The molecule has 3 rings (SSSR count). The van der Waals surface area contributed by atoms with E-state index in [-0.39, 0.29) is 38.3 Å². The van der Waals surface area contributed by atoms with Gasteiger partial charge in [-0.3, -0.25) is 14.5 Å². The lowest BCUT2D eigenvalue weighted by Crippen LogP contribution is -2.57. The molecule has 0 bridgehead atoms. The quantitative estimate of drug-likeness (QED) is 0.451. The standard InChI is InChI=1S/C18H27NO5S3Si/c1-18(2,3)28(4,5)24-8-6-10-13(20)19-12(15(21)22)17(27-14(10)19)26-11-7-9-25-16(11)23/h10-11,14H,6-9H2,1-5H3,(H,21,22)/t10-,11-,14+/m0/s1. The zero-order valence-corrected chi connectivity index (χ0v) is 20.3. The summed E-state index contributed by atoms with van der Waals surface area (Å²) >= 11 is 4.04. The van der Waals surface area contributed by atoms with Crippen LogP contribution in [0.3, 0.4) is 0 Å². The maximum absolute atomic E-state index is 12.6. The van der Waals surface area contributed by atoms with E-state index in [2.05, 4.69) is 33.9 Å². The van der Waals surface area contributed by atoms with Gasteiger partial charge in [0.1, 0.15) is 0 Å². The second-order valence-electron chi connectivity index (χ2n) is 8.72. The number of hydrogen-bond donors (Lipinski definition) is 1. The Morgan fingerprint density at radius 2 is 2.04 bits per heavy atom. The van der Waals surface area contributed by atoms with E-state index in [1.165, 1.54) is 40.2 Å². The average Bonchev–Trinajstić information content (AvgIpc) is 3.13. The SMILES string of the molecule is CC(C)(C)[Si](C)(C)OCC[C@H]1C(=O)N2C(C(=O)O)=C(S[C@H]3CCSC3=O)S[C@H]12. The maximum atomic E-state index is 12.6.